The first-order chi connectivity index (χ1) is 16.4. The Hall–Kier alpha value is -2.78. The van der Waals surface area contributed by atoms with Crippen molar-refractivity contribution >= 4 is 26.7 Å². The van der Waals surface area contributed by atoms with E-state index in [2.05, 4.69) is 5.32 Å². The van der Waals surface area contributed by atoms with Crippen LogP contribution in [0.4, 0.5) is 0 Å². The number of ether oxygens (including phenoxy) is 1. The number of phenols is 1. The van der Waals surface area contributed by atoms with Crippen LogP contribution in [0.1, 0.15) is 66.0 Å². The van der Waals surface area contributed by atoms with Crippen LogP contribution in [0.3, 0.4) is 0 Å². The highest BCUT2D eigenvalue weighted by Crippen LogP contribution is 2.45. The van der Waals surface area contributed by atoms with E-state index in [0.717, 1.165) is 37.7 Å². The molecule has 2 aromatic heterocycles. The molecule has 2 fully saturated rings. The van der Waals surface area contributed by atoms with Gasteiger partial charge in [0.1, 0.15) is 17.3 Å². The number of aromatic nitrogens is 1. The molecule has 0 radical (unpaired) electrons. The number of carbonyl (C=O) groups is 1. The lowest BCUT2D eigenvalue weighted by Gasteiger charge is -2.14. The van der Waals surface area contributed by atoms with E-state index in [1.54, 1.807) is 31.2 Å². The minimum Gasteiger partial charge on any atom is -0.508 e. The van der Waals surface area contributed by atoms with Gasteiger partial charge in [0.2, 0.25) is 0 Å². The molecule has 34 heavy (non-hydrogen) atoms. The number of furan rings is 1. The maximum absolute atomic E-state index is 13.3. The van der Waals surface area contributed by atoms with Gasteiger partial charge >= 0.3 is 5.97 Å². The summed E-state index contributed by atoms with van der Waals surface area (Å²) in [6.45, 7) is 2.82. The van der Waals surface area contributed by atoms with Crippen LogP contribution in [0.25, 0.3) is 10.9 Å². The molecule has 9 heteroatoms. The summed E-state index contributed by atoms with van der Waals surface area (Å²) in [7, 11) is -3.65. The van der Waals surface area contributed by atoms with Crippen LogP contribution < -0.4 is 5.32 Å². The number of phenolic OH excluding ortho intramolecular Hbond substituents is 1. The molecule has 5 rings (SSSR count). The van der Waals surface area contributed by atoms with Gasteiger partial charge in [-0.15, -0.1) is 0 Å². The number of sulfone groups is 1. The van der Waals surface area contributed by atoms with Crippen LogP contribution in [-0.4, -0.2) is 43.3 Å². The van der Waals surface area contributed by atoms with Gasteiger partial charge in [-0.3, -0.25) is 0 Å². The van der Waals surface area contributed by atoms with Gasteiger partial charge in [-0.1, -0.05) is 0 Å². The summed E-state index contributed by atoms with van der Waals surface area (Å²) in [4.78, 5) is 13.3. The second-order valence-electron chi connectivity index (χ2n) is 9.21. The topological polar surface area (TPSA) is 111 Å². The third kappa shape index (κ3) is 4.46. The Morgan fingerprint density at radius 1 is 1.24 bits per heavy atom. The van der Waals surface area contributed by atoms with Gasteiger partial charge in [-0.05, 0) is 69.8 Å². The second kappa shape index (κ2) is 9.11. The summed E-state index contributed by atoms with van der Waals surface area (Å²) in [6.07, 6.45) is 5.88. The van der Waals surface area contributed by atoms with Crippen molar-refractivity contribution < 1.29 is 27.5 Å². The van der Waals surface area contributed by atoms with Gasteiger partial charge in [0, 0.05) is 34.2 Å². The third-order valence-electron chi connectivity index (χ3n) is 6.66. The highest BCUT2D eigenvalue weighted by atomic mass is 32.2. The minimum atomic E-state index is -3.65. The Bertz CT molecular complexity index is 1300. The molecule has 3 heterocycles. The standard InChI is InChI=1S/C25H30N2O6S/c1-2-32-25(29)24-21(15-34(30,31)14-18-6-4-12-33-18)27(17-7-8-17)20-9-10-22(28)19(23(20)24)13-16-5-3-11-26-16/h4,6,9-10,12,16-17,26,28H,2-3,5,7-8,11,13-15H2,1H3. The Morgan fingerprint density at radius 3 is 2.71 bits per heavy atom. The average molecular weight is 487 g/mol. The number of nitrogens with zero attached hydrogens (tertiary/aromatic N) is 1. The van der Waals surface area contributed by atoms with Crippen molar-refractivity contribution in [3.63, 3.8) is 0 Å². The Kier molecular flexibility index (Phi) is 6.16. The zero-order chi connectivity index (χ0) is 23.9. The second-order valence-corrected chi connectivity index (χ2v) is 11.3. The zero-order valence-corrected chi connectivity index (χ0v) is 20.1. The van der Waals surface area contributed by atoms with Gasteiger partial charge in [-0.2, -0.15) is 0 Å². The predicted octanol–water partition coefficient (Wildman–Crippen LogP) is 3.86. The van der Waals surface area contributed by atoms with E-state index in [9.17, 15) is 18.3 Å². The fourth-order valence-electron chi connectivity index (χ4n) is 5.08. The molecular formula is C25H30N2O6S. The van der Waals surface area contributed by atoms with Gasteiger partial charge in [0.25, 0.3) is 0 Å². The molecule has 1 atom stereocenters. The normalized spacial score (nSPS) is 18.6. The number of nitrogens with one attached hydrogen (secondary N) is 1. The molecule has 1 saturated carbocycles. The maximum Gasteiger partial charge on any atom is 0.340 e. The molecular weight excluding hydrogens is 456 g/mol. The molecule has 1 aliphatic carbocycles. The van der Waals surface area contributed by atoms with E-state index in [1.165, 1.54) is 6.26 Å². The Labute approximate surface area is 198 Å². The fraction of sp³-hybridized carbons (Fsp3) is 0.480. The van der Waals surface area contributed by atoms with Crippen molar-refractivity contribution in [2.75, 3.05) is 13.2 Å². The highest BCUT2D eigenvalue weighted by molar-refractivity contribution is 7.89. The van der Waals surface area contributed by atoms with E-state index in [0.29, 0.717) is 28.8 Å². The van der Waals surface area contributed by atoms with Crippen LogP contribution in [0.2, 0.25) is 0 Å². The number of hydrogen-bond acceptors (Lipinski definition) is 7. The Balaban J connectivity index is 1.69. The van der Waals surface area contributed by atoms with Gasteiger partial charge < -0.3 is 24.1 Å². The number of rotatable bonds is 9. The fourth-order valence-corrected chi connectivity index (χ4v) is 6.48. The summed E-state index contributed by atoms with van der Waals surface area (Å²) in [6, 6.07) is 7.05. The first-order valence-corrected chi connectivity index (χ1v) is 13.7. The van der Waals surface area contributed by atoms with E-state index in [1.807, 2.05) is 4.57 Å². The van der Waals surface area contributed by atoms with Gasteiger partial charge in [0.15, 0.2) is 9.84 Å². The van der Waals surface area contributed by atoms with E-state index in [4.69, 9.17) is 9.15 Å². The first kappa shape index (κ1) is 23.0. The molecule has 0 bridgehead atoms. The van der Waals surface area contributed by atoms with E-state index < -0.39 is 15.8 Å². The molecule has 3 aromatic rings. The lowest BCUT2D eigenvalue weighted by molar-refractivity contribution is 0.0527. The van der Waals surface area contributed by atoms with Crippen molar-refractivity contribution in [1.29, 1.82) is 0 Å². The summed E-state index contributed by atoms with van der Waals surface area (Å²) >= 11 is 0. The SMILES string of the molecule is CCOC(=O)c1c(CS(=O)(=O)Cc2ccco2)n(C2CC2)c2ccc(O)c(CC3CCCN3)c12. The molecule has 1 aliphatic heterocycles. The largest absolute Gasteiger partial charge is 0.508 e. The monoisotopic (exact) mass is 486 g/mol. The van der Waals surface area contributed by atoms with Crippen LogP contribution in [0, 0.1) is 0 Å². The number of carbonyl (C=O) groups excluding carboxylic acids is 1. The van der Waals surface area contributed by atoms with Gasteiger partial charge in [0.05, 0.1) is 24.2 Å². The van der Waals surface area contributed by atoms with Crippen LogP contribution in [0.15, 0.2) is 34.9 Å². The van der Waals surface area contributed by atoms with Crippen LogP contribution in [0.5, 0.6) is 5.75 Å². The molecule has 0 spiro atoms. The van der Waals surface area contributed by atoms with Crippen LogP contribution >= 0.6 is 0 Å². The lowest BCUT2D eigenvalue weighted by Crippen LogP contribution is -2.24. The van der Waals surface area contributed by atoms with Crippen LogP contribution in [-0.2, 0) is 32.5 Å². The van der Waals surface area contributed by atoms with Crippen molar-refractivity contribution in [2.45, 2.75) is 62.6 Å². The highest BCUT2D eigenvalue weighted by Gasteiger charge is 2.36. The molecule has 8 nitrogen and oxygen atoms in total. The van der Waals surface area contributed by atoms with E-state index >= 15 is 0 Å². The molecule has 0 amide bonds. The lowest BCUT2D eigenvalue weighted by atomic mass is 9.97. The molecule has 2 N–H and O–H groups in total. The number of fused-ring (bicyclic) bond motifs is 1. The third-order valence-corrected chi connectivity index (χ3v) is 8.10. The number of hydrogen-bond donors (Lipinski definition) is 2. The summed E-state index contributed by atoms with van der Waals surface area (Å²) in [5.74, 6) is -0.642. The average Bonchev–Trinajstić information content (AvgIpc) is 3.15. The molecule has 2 aliphatic rings. The van der Waals surface area contributed by atoms with Crippen molar-refractivity contribution in [3.05, 3.63) is 53.1 Å². The quantitative estimate of drug-likeness (QED) is 0.442. The molecule has 1 unspecified atom stereocenters. The minimum absolute atomic E-state index is 0.115. The van der Waals surface area contributed by atoms with E-state index in [-0.39, 0.29) is 41.5 Å². The number of benzene rings is 1. The van der Waals surface area contributed by atoms with Crippen molar-refractivity contribution in [3.8, 4) is 5.75 Å². The zero-order valence-electron chi connectivity index (χ0n) is 19.2. The first-order valence-electron chi connectivity index (χ1n) is 11.9. The predicted molar refractivity (Wildman–Crippen MR) is 128 cm³/mol. The number of esters is 1. The van der Waals surface area contributed by atoms with Crippen molar-refractivity contribution in [2.24, 2.45) is 0 Å². The summed E-state index contributed by atoms with van der Waals surface area (Å²) in [5.41, 5.74) is 2.15. The summed E-state index contributed by atoms with van der Waals surface area (Å²) in [5, 5.41) is 14.9. The maximum atomic E-state index is 13.3. The number of aromatic hydroxyl groups is 1. The van der Waals surface area contributed by atoms with Crippen molar-refractivity contribution in [1.82, 2.24) is 9.88 Å². The van der Waals surface area contributed by atoms with Gasteiger partial charge in [-0.25, -0.2) is 13.2 Å². The smallest absolute Gasteiger partial charge is 0.340 e. The molecule has 1 saturated heterocycles. The summed E-state index contributed by atoms with van der Waals surface area (Å²) < 4.78 is 39.1. The molecule has 182 valence electrons. The Morgan fingerprint density at radius 2 is 2.06 bits per heavy atom. The molecule has 1 aromatic carbocycles.